The molecule has 0 radical (unpaired) electrons. The van der Waals surface area contributed by atoms with Crippen molar-refractivity contribution in [1.29, 1.82) is 0 Å². The van der Waals surface area contributed by atoms with E-state index in [0.29, 0.717) is 25.7 Å². The van der Waals surface area contributed by atoms with Gasteiger partial charge in [0, 0.05) is 12.1 Å². The molecule has 140 valence electrons. The zero-order valence-electron chi connectivity index (χ0n) is 14.4. The van der Waals surface area contributed by atoms with E-state index in [9.17, 15) is 22.8 Å². The maximum Gasteiger partial charge on any atom is 0.437 e. The van der Waals surface area contributed by atoms with E-state index < -0.39 is 29.3 Å². The summed E-state index contributed by atoms with van der Waals surface area (Å²) in [6.45, 7) is 4.85. The van der Waals surface area contributed by atoms with Crippen molar-refractivity contribution in [3.05, 3.63) is 11.9 Å². The van der Waals surface area contributed by atoms with Crippen molar-refractivity contribution in [3.8, 4) is 0 Å². The molecule has 1 amide bonds. The first-order valence-electron chi connectivity index (χ1n) is 8.11. The van der Waals surface area contributed by atoms with E-state index in [4.69, 9.17) is 4.74 Å². The zero-order valence-corrected chi connectivity index (χ0v) is 14.4. The number of anilines is 1. The summed E-state index contributed by atoms with van der Waals surface area (Å²) in [5.74, 6) is -0.0479. The summed E-state index contributed by atoms with van der Waals surface area (Å²) < 4.78 is 45.9. The molecule has 0 spiro atoms. The third kappa shape index (κ3) is 5.20. The van der Waals surface area contributed by atoms with Gasteiger partial charge in [0.2, 0.25) is 0 Å². The Morgan fingerprint density at radius 3 is 2.36 bits per heavy atom. The molecular weight excluding hydrogens is 339 g/mol. The molecule has 1 aromatic rings. The molecule has 1 fully saturated rings. The second-order valence-corrected chi connectivity index (χ2v) is 7.20. The fourth-order valence-corrected chi connectivity index (χ4v) is 2.80. The van der Waals surface area contributed by atoms with Crippen molar-refractivity contribution in [1.82, 2.24) is 9.78 Å². The smallest absolute Gasteiger partial charge is 0.437 e. The highest BCUT2D eigenvalue weighted by Gasteiger charge is 2.39. The van der Waals surface area contributed by atoms with Crippen LogP contribution < -0.4 is 5.32 Å². The Morgan fingerprint density at radius 1 is 1.28 bits per heavy atom. The Hall–Kier alpha value is -2.06. The molecule has 6 nitrogen and oxygen atoms in total. The molecule has 1 aromatic heterocycles. The molecule has 2 rings (SSSR count). The second kappa shape index (κ2) is 7.05. The van der Waals surface area contributed by atoms with E-state index in [-0.39, 0.29) is 12.0 Å². The first kappa shape index (κ1) is 19.3. The number of halogens is 3. The lowest BCUT2D eigenvalue weighted by molar-refractivity contribution is -0.141. The molecule has 1 N–H and O–H groups in total. The number of hydrogen-bond acceptors (Lipinski definition) is 4. The largest absolute Gasteiger partial charge is 0.444 e. The van der Waals surface area contributed by atoms with Crippen LogP contribution in [0, 0.1) is 5.92 Å². The van der Waals surface area contributed by atoms with Gasteiger partial charge in [-0.2, -0.15) is 18.3 Å². The van der Waals surface area contributed by atoms with E-state index in [2.05, 4.69) is 10.4 Å². The molecule has 0 aromatic carbocycles. The highest BCUT2D eigenvalue weighted by molar-refractivity contribution is 5.85. The minimum absolute atomic E-state index is 0.0479. The average molecular weight is 361 g/mol. The maximum absolute atomic E-state index is 13.2. The van der Waals surface area contributed by atoms with Crippen LogP contribution in [-0.2, 0) is 15.7 Å². The molecule has 1 aliphatic rings. The molecule has 0 unspecified atom stereocenters. The van der Waals surface area contributed by atoms with Crippen LogP contribution in [0.5, 0.6) is 0 Å². The Bertz CT molecular complexity index is 627. The Kier molecular flexibility index (Phi) is 5.43. The summed E-state index contributed by atoms with van der Waals surface area (Å²) in [7, 11) is 0. The van der Waals surface area contributed by atoms with Crippen LogP contribution in [0.4, 0.5) is 23.7 Å². The number of rotatable bonds is 3. The van der Waals surface area contributed by atoms with E-state index >= 15 is 0 Å². The number of aldehydes is 1. The summed E-state index contributed by atoms with van der Waals surface area (Å²) in [5, 5.41) is 5.77. The van der Waals surface area contributed by atoms with Gasteiger partial charge < -0.3 is 9.53 Å². The summed E-state index contributed by atoms with van der Waals surface area (Å²) >= 11 is 0. The van der Waals surface area contributed by atoms with Crippen LogP contribution in [-0.4, -0.2) is 27.8 Å². The standard InChI is InChI=1S/C16H22F3N3O3/c1-15(2,3)25-14(24)20-12-8-22(21-13(12)16(17,18)19)11-6-4-10(9-23)5-7-11/h8-11H,4-7H2,1-3H3,(H,20,24). The minimum Gasteiger partial charge on any atom is -0.444 e. The van der Waals surface area contributed by atoms with E-state index in [0.717, 1.165) is 6.29 Å². The van der Waals surface area contributed by atoms with Gasteiger partial charge in [-0.05, 0) is 46.5 Å². The van der Waals surface area contributed by atoms with Crippen LogP contribution in [0.25, 0.3) is 0 Å². The molecule has 0 aliphatic heterocycles. The molecule has 1 heterocycles. The normalized spacial score (nSPS) is 21.7. The van der Waals surface area contributed by atoms with Gasteiger partial charge in [-0.25, -0.2) is 4.79 Å². The van der Waals surface area contributed by atoms with Crippen molar-refractivity contribution in [2.45, 2.75) is 64.3 Å². The number of ether oxygens (including phenoxy) is 1. The lowest BCUT2D eigenvalue weighted by Gasteiger charge is -2.25. The molecule has 0 atom stereocenters. The molecule has 1 saturated carbocycles. The van der Waals surface area contributed by atoms with E-state index in [1.807, 2.05) is 0 Å². The van der Waals surface area contributed by atoms with Crippen molar-refractivity contribution < 1.29 is 27.5 Å². The number of carbonyl (C=O) groups excluding carboxylic acids is 2. The summed E-state index contributed by atoms with van der Waals surface area (Å²) in [4.78, 5) is 22.6. The first-order chi connectivity index (χ1) is 11.5. The minimum atomic E-state index is -4.70. The van der Waals surface area contributed by atoms with Gasteiger partial charge in [0.1, 0.15) is 11.9 Å². The molecule has 0 saturated heterocycles. The van der Waals surface area contributed by atoms with Crippen LogP contribution in [0.3, 0.4) is 0 Å². The second-order valence-electron chi connectivity index (χ2n) is 7.20. The fraction of sp³-hybridized carbons (Fsp3) is 0.688. The van der Waals surface area contributed by atoms with E-state index in [1.54, 1.807) is 20.8 Å². The summed E-state index contributed by atoms with van der Waals surface area (Å²) in [6, 6.07) is -0.230. The topological polar surface area (TPSA) is 73.2 Å². The number of hydrogen-bond donors (Lipinski definition) is 1. The van der Waals surface area contributed by atoms with Crippen molar-refractivity contribution in [2.75, 3.05) is 5.32 Å². The van der Waals surface area contributed by atoms with Gasteiger partial charge >= 0.3 is 12.3 Å². The number of alkyl halides is 3. The Labute approximate surface area is 143 Å². The molecular formula is C16H22F3N3O3. The molecule has 1 aliphatic carbocycles. The highest BCUT2D eigenvalue weighted by Crippen LogP contribution is 2.37. The number of amides is 1. The highest BCUT2D eigenvalue weighted by atomic mass is 19.4. The van der Waals surface area contributed by atoms with Crippen LogP contribution in [0.15, 0.2) is 6.20 Å². The SMILES string of the molecule is CC(C)(C)OC(=O)Nc1cn(C2CCC(C=O)CC2)nc1C(F)(F)F. The fourth-order valence-electron chi connectivity index (χ4n) is 2.80. The predicted molar refractivity (Wildman–Crippen MR) is 84.1 cm³/mol. The molecule has 9 heteroatoms. The van der Waals surface area contributed by atoms with Gasteiger partial charge in [-0.1, -0.05) is 0 Å². The molecule has 0 bridgehead atoms. The van der Waals surface area contributed by atoms with Gasteiger partial charge in [-0.3, -0.25) is 10.00 Å². The van der Waals surface area contributed by atoms with Crippen molar-refractivity contribution in [2.24, 2.45) is 5.92 Å². The first-order valence-corrected chi connectivity index (χ1v) is 8.11. The van der Waals surface area contributed by atoms with Gasteiger partial charge in [-0.15, -0.1) is 0 Å². The van der Waals surface area contributed by atoms with Crippen molar-refractivity contribution >= 4 is 18.1 Å². The monoisotopic (exact) mass is 361 g/mol. The predicted octanol–water partition coefficient (Wildman–Crippen LogP) is 4.18. The Morgan fingerprint density at radius 2 is 1.88 bits per heavy atom. The lowest BCUT2D eigenvalue weighted by atomic mass is 9.87. The van der Waals surface area contributed by atoms with Crippen LogP contribution in [0.2, 0.25) is 0 Å². The summed E-state index contributed by atoms with van der Waals surface area (Å²) in [6.07, 6.45) is -1.25. The van der Waals surface area contributed by atoms with Gasteiger partial charge in [0.05, 0.1) is 11.7 Å². The number of aromatic nitrogens is 2. The third-order valence-electron chi connectivity index (χ3n) is 3.94. The van der Waals surface area contributed by atoms with Gasteiger partial charge in [0.25, 0.3) is 0 Å². The number of nitrogens with zero attached hydrogens (tertiary/aromatic N) is 2. The maximum atomic E-state index is 13.2. The van der Waals surface area contributed by atoms with Crippen molar-refractivity contribution in [3.63, 3.8) is 0 Å². The van der Waals surface area contributed by atoms with Crippen LogP contribution >= 0.6 is 0 Å². The average Bonchev–Trinajstić information content (AvgIpc) is 2.89. The zero-order chi connectivity index (χ0) is 18.8. The van der Waals surface area contributed by atoms with Crippen LogP contribution in [0.1, 0.15) is 58.2 Å². The third-order valence-corrected chi connectivity index (χ3v) is 3.94. The molecule has 25 heavy (non-hydrogen) atoms. The van der Waals surface area contributed by atoms with Gasteiger partial charge in [0.15, 0.2) is 5.69 Å². The Balaban J connectivity index is 2.20. The number of carbonyl (C=O) groups is 2. The summed E-state index contributed by atoms with van der Waals surface area (Å²) in [5.41, 5.74) is -2.42. The number of nitrogens with one attached hydrogen (secondary N) is 1. The van der Waals surface area contributed by atoms with E-state index in [1.165, 1.54) is 10.9 Å². The lowest BCUT2D eigenvalue weighted by Crippen LogP contribution is -2.27. The quantitative estimate of drug-likeness (QED) is 0.820.